The monoisotopic (exact) mass is 282 g/mol. The molecule has 0 saturated carbocycles. The number of aromatic nitrogens is 1. The molecular formula is C16H18N4O. The van der Waals surface area contributed by atoms with E-state index in [1.54, 1.807) is 6.20 Å². The van der Waals surface area contributed by atoms with Gasteiger partial charge in [-0.1, -0.05) is 0 Å². The number of nitrogen functional groups attached to an aromatic ring is 1. The van der Waals surface area contributed by atoms with Gasteiger partial charge in [0.05, 0.1) is 11.4 Å². The molecule has 0 unspecified atom stereocenters. The third kappa shape index (κ3) is 2.81. The maximum atomic E-state index is 11.5. The zero-order valence-electron chi connectivity index (χ0n) is 11.9. The minimum absolute atomic E-state index is 0.0585. The molecule has 1 aromatic heterocycles. The Labute approximate surface area is 123 Å². The summed E-state index contributed by atoms with van der Waals surface area (Å²) in [6, 6.07) is 5.84. The van der Waals surface area contributed by atoms with E-state index in [9.17, 15) is 4.79 Å². The van der Waals surface area contributed by atoms with Gasteiger partial charge in [0, 0.05) is 31.0 Å². The number of amides is 1. The van der Waals surface area contributed by atoms with Crippen molar-refractivity contribution >= 4 is 23.0 Å². The van der Waals surface area contributed by atoms with Gasteiger partial charge in [-0.25, -0.2) is 0 Å². The van der Waals surface area contributed by atoms with Gasteiger partial charge in [0.1, 0.15) is 0 Å². The number of hydrogen-bond acceptors (Lipinski definition) is 4. The lowest BCUT2D eigenvalue weighted by Gasteiger charge is -2.20. The van der Waals surface area contributed by atoms with E-state index in [1.807, 2.05) is 31.3 Å². The predicted molar refractivity (Wildman–Crippen MR) is 84.1 cm³/mol. The number of benzene rings is 1. The van der Waals surface area contributed by atoms with Crippen LogP contribution in [-0.4, -0.2) is 10.9 Å². The van der Waals surface area contributed by atoms with Crippen molar-refractivity contribution in [3.63, 3.8) is 0 Å². The van der Waals surface area contributed by atoms with Crippen LogP contribution in [0.15, 0.2) is 30.6 Å². The highest BCUT2D eigenvalue weighted by Crippen LogP contribution is 2.31. The standard InChI is InChI=1S/C16H18N4O/c1-10-8-18-5-4-12(10)9-19-15-7-14-11(6-13(15)17)2-3-16(21)20-14/h4-8,19H,2-3,9,17H2,1H3,(H,20,21). The molecule has 0 atom stereocenters. The molecule has 108 valence electrons. The average molecular weight is 282 g/mol. The Bertz CT molecular complexity index is 697. The lowest BCUT2D eigenvalue weighted by molar-refractivity contribution is -0.116. The number of carbonyl (C=O) groups is 1. The van der Waals surface area contributed by atoms with Gasteiger partial charge in [0.2, 0.25) is 5.91 Å². The molecule has 0 fully saturated rings. The number of fused-ring (bicyclic) bond motifs is 1. The summed E-state index contributed by atoms with van der Waals surface area (Å²) in [5.41, 5.74) is 11.9. The Morgan fingerprint density at radius 3 is 3.05 bits per heavy atom. The van der Waals surface area contributed by atoms with Gasteiger partial charge in [0.25, 0.3) is 0 Å². The zero-order chi connectivity index (χ0) is 14.8. The van der Waals surface area contributed by atoms with Crippen molar-refractivity contribution in [1.82, 2.24) is 4.98 Å². The van der Waals surface area contributed by atoms with E-state index in [2.05, 4.69) is 15.6 Å². The Kier molecular flexibility index (Phi) is 3.48. The highest BCUT2D eigenvalue weighted by molar-refractivity contribution is 5.95. The first kappa shape index (κ1) is 13.4. The van der Waals surface area contributed by atoms with Crippen LogP contribution in [0.25, 0.3) is 0 Å². The van der Waals surface area contributed by atoms with Gasteiger partial charge in [-0.15, -0.1) is 0 Å². The molecule has 1 aromatic carbocycles. The first-order valence-electron chi connectivity index (χ1n) is 6.99. The number of nitrogens with zero attached hydrogens (tertiary/aromatic N) is 1. The van der Waals surface area contributed by atoms with Crippen molar-refractivity contribution < 1.29 is 4.79 Å². The molecule has 4 N–H and O–H groups in total. The second kappa shape index (κ2) is 5.44. The molecule has 1 aliphatic rings. The molecule has 5 nitrogen and oxygen atoms in total. The Balaban J connectivity index is 1.81. The minimum Gasteiger partial charge on any atom is -0.397 e. The molecule has 2 aromatic rings. The molecule has 2 heterocycles. The van der Waals surface area contributed by atoms with Crippen LogP contribution in [0.5, 0.6) is 0 Å². The van der Waals surface area contributed by atoms with E-state index in [0.717, 1.165) is 28.9 Å². The summed E-state index contributed by atoms with van der Waals surface area (Å²) in [5, 5.41) is 6.22. The predicted octanol–water partition coefficient (Wildman–Crippen LogP) is 2.47. The quantitative estimate of drug-likeness (QED) is 0.755. The van der Waals surface area contributed by atoms with Crippen molar-refractivity contribution in [2.75, 3.05) is 16.4 Å². The Morgan fingerprint density at radius 1 is 1.38 bits per heavy atom. The van der Waals surface area contributed by atoms with Gasteiger partial charge in [0.15, 0.2) is 0 Å². The average Bonchev–Trinajstić information content (AvgIpc) is 2.47. The first-order chi connectivity index (χ1) is 10.1. The molecular weight excluding hydrogens is 264 g/mol. The second-order valence-electron chi connectivity index (χ2n) is 5.30. The molecule has 1 amide bonds. The number of pyridine rings is 1. The number of nitrogens with one attached hydrogen (secondary N) is 2. The van der Waals surface area contributed by atoms with E-state index in [1.165, 1.54) is 5.56 Å². The van der Waals surface area contributed by atoms with E-state index in [0.29, 0.717) is 18.7 Å². The molecule has 3 rings (SSSR count). The van der Waals surface area contributed by atoms with Crippen LogP contribution in [0.4, 0.5) is 17.1 Å². The van der Waals surface area contributed by atoms with Crippen LogP contribution >= 0.6 is 0 Å². The number of rotatable bonds is 3. The summed E-state index contributed by atoms with van der Waals surface area (Å²) in [6.07, 6.45) is 4.89. The maximum Gasteiger partial charge on any atom is 0.224 e. The highest BCUT2D eigenvalue weighted by Gasteiger charge is 2.16. The van der Waals surface area contributed by atoms with E-state index >= 15 is 0 Å². The van der Waals surface area contributed by atoms with E-state index in [4.69, 9.17) is 5.73 Å². The van der Waals surface area contributed by atoms with E-state index in [-0.39, 0.29) is 5.91 Å². The number of aryl methyl sites for hydroxylation is 2. The third-order valence-corrected chi connectivity index (χ3v) is 3.78. The fraction of sp³-hybridized carbons (Fsp3) is 0.250. The maximum absolute atomic E-state index is 11.5. The number of carbonyl (C=O) groups excluding carboxylic acids is 1. The van der Waals surface area contributed by atoms with Crippen LogP contribution < -0.4 is 16.4 Å². The zero-order valence-corrected chi connectivity index (χ0v) is 11.9. The summed E-state index contributed by atoms with van der Waals surface area (Å²) < 4.78 is 0. The Morgan fingerprint density at radius 2 is 2.24 bits per heavy atom. The molecule has 0 spiro atoms. The molecule has 0 bridgehead atoms. The SMILES string of the molecule is Cc1cnccc1CNc1cc2c(cc1N)CCC(=O)N2. The molecule has 0 aliphatic carbocycles. The summed E-state index contributed by atoms with van der Waals surface area (Å²) in [7, 11) is 0. The van der Waals surface area contributed by atoms with Crippen LogP contribution in [0, 0.1) is 6.92 Å². The van der Waals surface area contributed by atoms with Crippen molar-refractivity contribution in [2.45, 2.75) is 26.3 Å². The van der Waals surface area contributed by atoms with Crippen LogP contribution in [0.2, 0.25) is 0 Å². The first-order valence-corrected chi connectivity index (χ1v) is 6.99. The van der Waals surface area contributed by atoms with Crippen molar-refractivity contribution in [3.8, 4) is 0 Å². The lowest BCUT2D eigenvalue weighted by Crippen LogP contribution is -2.19. The fourth-order valence-corrected chi connectivity index (χ4v) is 2.49. The largest absolute Gasteiger partial charge is 0.397 e. The summed E-state index contributed by atoms with van der Waals surface area (Å²) in [6.45, 7) is 2.70. The number of nitrogens with two attached hydrogens (primary N) is 1. The highest BCUT2D eigenvalue weighted by atomic mass is 16.1. The van der Waals surface area contributed by atoms with Crippen molar-refractivity contribution in [3.05, 3.63) is 47.3 Å². The van der Waals surface area contributed by atoms with Crippen LogP contribution in [0.3, 0.4) is 0 Å². The molecule has 21 heavy (non-hydrogen) atoms. The summed E-state index contributed by atoms with van der Waals surface area (Å²) in [5.74, 6) is 0.0585. The van der Waals surface area contributed by atoms with Crippen molar-refractivity contribution in [2.24, 2.45) is 0 Å². The summed E-state index contributed by atoms with van der Waals surface area (Å²) in [4.78, 5) is 15.6. The molecule has 5 heteroatoms. The van der Waals surface area contributed by atoms with Crippen LogP contribution in [0.1, 0.15) is 23.1 Å². The van der Waals surface area contributed by atoms with Crippen molar-refractivity contribution in [1.29, 1.82) is 0 Å². The lowest BCUT2D eigenvalue weighted by atomic mass is 10.0. The van der Waals surface area contributed by atoms with Crippen LogP contribution in [-0.2, 0) is 17.8 Å². The molecule has 0 saturated heterocycles. The topological polar surface area (TPSA) is 80.0 Å². The van der Waals surface area contributed by atoms with Gasteiger partial charge in [-0.3, -0.25) is 9.78 Å². The minimum atomic E-state index is 0.0585. The van der Waals surface area contributed by atoms with Gasteiger partial charge >= 0.3 is 0 Å². The number of anilines is 3. The normalized spacial score (nSPS) is 13.5. The molecule has 1 aliphatic heterocycles. The van der Waals surface area contributed by atoms with E-state index < -0.39 is 0 Å². The van der Waals surface area contributed by atoms with Gasteiger partial charge in [-0.05, 0) is 48.2 Å². The smallest absolute Gasteiger partial charge is 0.224 e. The summed E-state index contributed by atoms with van der Waals surface area (Å²) >= 11 is 0. The van der Waals surface area contributed by atoms with Gasteiger partial charge in [-0.2, -0.15) is 0 Å². The Hall–Kier alpha value is -2.56. The third-order valence-electron chi connectivity index (χ3n) is 3.78. The second-order valence-corrected chi connectivity index (χ2v) is 5.30. The fourth-order valence-electron chi connectivity index (χ4n) is 2.49. The van der Waals surface area contributed by atoms with Gasteiger partial charge < -0.3 is 16.4 Å². The molecule has 0 radical (unpaired) electrons. The number of hydrogen-bond donors (Lipinski definition) is 3.